The standard InChI is InChI=1S/C19H20N2O3S/c1-3-23-16-9-5-14(6-10-16)20-19-21(18(22)13-25-19)15-7-11-17(12-8-15)24-4-2/h5-12H,3-4,13H2,1-2H3. The van der Waals surface area contributed by atoms with Crippen LogP contribution >= 0.6 is 11.8 Å². The summed E-state index contributed by atoms with van der Waals surface area (Å²) in [5, 5.41) is 0.679. The molecule has 25 heavy (non-hydrogen) atoms. The topological polar surface area (TPSA) is 51.1 Å². The first-order valence-corrected chi connectivity index (χ1v) is 9.20. The monoisotopic (exact) mass is 356 g/mol. The molecule has 1 aliphatic rings. The Labute approximate surface area is 151 Å². The van der Waals surface area contributed by atoms with Gasteiger partial charge >= 0.3 is 0 Å². The lowest BCUT2D eigenvalue weighted by Gasteiger charge is -2.16. The van der Waals surface area contributed by atoms with Crippen molar-refractivity contribution in [1.29, 1.82) is 0 Å². The number of amidine groups is 1. The molecule has 0 aliphatic carbocycles. The van der Waals surface area contributed by atoms with Crippen molar-refractivity contribution in [3.63, 3.8) is 0 Å². The number of aliphatic imine (C=N–C) groups is 1. The van der Waals surface area contributed by atoms with Gasteiger partial charge in [0.1, 0.15) is 11.5 Å². The van der Waals surface area contributed by atoms with Crippen molar-refractivity contribution in [3.05, 3.63) is 48.5 Å². The third-order valence-corrected chi connectivity index (χ3v) is 4.47. The van der Waals surface area contributed by atoms with Crippen LogP contribution in [0.5, 0.6) is 11.5 Å². The molecule has 0 radical (unpaired) electrons. The summed E-state index contributed by atoms with van der Waals surface area (Å²) in [6, 6.07) is 15.0. The zero-order chi connectivity index (χ0) is 17.6. The van der Waals surface area contributed by atoms with Crippen molar-refractivity contribution in [2.24, 2.45) is 4.99 Å². The van der Waals surface area contributed by atoms with Gasteiger partial charge in [-0.2, -0.15) is 0 Å². The van der Waals surface area contributed by atoms with Crippen molar-refractivity contribution in [3.8, 4) is 11.5 Å². The van der Waals surface area contributed by atoms with Gasteiger partial charge in [0, 0.05) is 0 Å². The summed E-state index contributed by atoms with van der Waals surface area (Å²) < 4.78 is 10.9. The predicted octanol–water partition coefficient (Wildman–Crippen LogP) is 4.25. The average Bonchev–Trinajstić information content (AvgIpc) is 2.98. The number of nitrogens with zero attached hydrogens (tertiary/aromatic N) is 2. The second kappa shape index (κ2) is 8.07. The van der Waals surface area contributed by atoms with Gasteiger partial charge in [0.05, 0.1) is 30.3 Å². The molecular formula is C19H20N2O3S. The fraction of sp³-hybridized carbons (Fsp3) is 0.263. The van der Waals surface area contributed by atoms with Gasteiger partial charge in [0.15, 0.2) is 5.17 Å². The largest absolute Gasteiger partial charge is 0.494 e. The average molecular weight is 356 g/mol. The van der Waals surface area contributed by atoms with Crippen LogP contribution in [0.3, 0.4) is 0 Å². The summed E-state index contributed by atoms with van der Waals surface area (Å²) in [4.78, 5) is 18.6. The summed E-state index contributed by atoms with van der Waals surface area (Å²) in [6.07, 6.45) is 0. The SMILES string of the molecule is CCOc1ccc(N=C2SCC(=O)N2c2ccc(OCC)cc2)cc1. The van der Waals surface area contributed by atoms with E-state index in [0.29, 0.717) is 24.1 Å². The van der Waals surface area contributed by atoms with Crippen molar-refractivity contribution in [1.82, 2.24) is 0 Å². The number of carbonyl (C=O) groups excluding carboxylic acids is 1. The zero-order valence-corrected chi connectivity index (χ0v) is 15.1. The van der Waals surface area contributed by atoms with E-state index in [4.69, 9.17) is 9.47 Å². The molecule has 0 atom stereocenters. The van der Waals surface area contributed by atoms with E-state index in [2.05, 4.69) is 4.99 Å². The third kappa shape index (κ3) is 4.14. The second-order valence-electron chi connectivity index (χ2n) is 5.27. The fourth-order valence-electron chi connectivity index (χ4n) is 2.45. The molecule has 2 aromatic rings. The van der Waals surface area contributed by atoms with Crippen LogP contribution in [0, 0.1) is 0 Å². The first-order chi connectivity index (χ1) is 12.2. The number of thioether (sulfide) groups is 1. The Morgan fingerprint density at radius 2 is 1.52 bits per heavy atom. The molecule has 0 unspecified atom stereocenters. The summed E-state index contributed by atoms with van der Waals surface area (Å²) >= 11 is 1.44. The molecule has 1 heterocycles. The van der Waals surface area contributed by atoms with Crippen LogP contribution in [0.25, 0.3) is 0 Å². The number of rotatable bonds is 6. The lowest BCUT2D eigenvalue weighted by Crippen LogP contribution is -2.28. The van der Waals surface area contributed by atoms with Crippen molar-refractivity contribution < 1.29 is 14.3 Å². The molecule has 0 N–H and O–H groups in total. The highest BCUT2D eigenvalue weighted by Crippen LogP contribution is 2.30. The van der Waals surface area contributed by atoms with E-state index in [1.54, 1.807) is 4.90 Å². The molecule has 0 spiro atoms. The lowest BCUT2D eigenvalue weighted by molar-refractivity contribution is -0.115. The van der Waals surface area contributed by atoms with E-state index in [9.17, 15) is 4.79 Å². The Morgan fingerprint density at radius 3 is 2.08 bits per heavy atom. The number of carbonyl (C=O) groups is 1. The quantitative estimate of drug-likeness (QED) is 0.776. The first kappa shape index (κ1) is 17.4. The Kier molecular flexibility index (Phi) is 5.60. The predicted molar refractivity (Wildman–Crippen MR) is 102 cm³/mol. The zero-order valence-electron chi connectivity index (χ0n) is 14.3. The van der Waals surface area contributed by atoms with Crippen LogP contribution in [0.1, 0.15) is 13.8 Å². The van der Waals surface area contributed by atoms with Crippen molar-refractivity contribution >= 4 is 34.2 Å². The molecule has 1 amide bonds. The van der Waals surface area contributed by atoms with E-state index in [1.165, 1.54) is 11.8 Å². The molecule has 0 aromatic heterocycles. The van der Waals surface area contributed by atoms with Crippen LogP contribution in [0.4, 0.5) is 11.4 Å². The highest BCUT2D eigenvalue weighted by molar-refractivity contribution is 8.15. The molecular weight excluding hydrogens is 336 g/mol. The number of amides is 1. The smallest absolute Gasteiger partial charge is 0.243 e. The molecule has 130 valence electrons. The Hall–Kier alpha value is -2.47. The van der Waals surface area contributed by atoms with Gasteiger partial charge < -0.3 is 9.47 Å². The molecule has 2 aromatic carbocycles. The minimum atomic E-state index is 0.0267. The van der Waals surface area contributed by atoms with E-state index in [1.807, 2.05) is 62.4 Å². The maximum absolute atomic E-state index is 12.3. The minimum absolute atomic E-state index is 0.0267. The lowest BCUT2D eigenvalue weighted by atomic mass is 10.3. The summed E-state index contributed by atoms with van der Waals surface area (Å²) in [7, 11) is 0. The molecule has 1 aliphatic heterocycles. The van der Waals surface area contributed by atoms with E-state index in [0.717, 1.165) is 22.9 Å². The second-order valence-corrected chi connectivity index (χ2v) is 6.21. The number of hydrogen-bond acceptors (Lipinski definition) is 5. The van der Waals surface area contributed by atoms with Gasteiger partial charge in [-0.1, -0.05) is 11.8 Å². The Morgan fingerprint density at radius 1 is 0.960 bits per heavy atom. The van der Waals surface area contributed by atoms with Gasteiger partial charge in [-0.25, -0.2) is 4.99 Å². The molecule has 1 saturated heterocycles. The van der Waals surface area contributed by atoms with Crippen LogP contribution in [-0.2, 0) is 4.79 Å². The molecule has 5 nitrogen and oxygen atoms in total. The highest BCUT2D eigenvalue weighted by Gasteiger charge is 2.29. The van der Waals surface area contributed by atoms with Crippen LogP contribution in [-0.4, -0.2) is 30.0 Å². The van der Waals surface area contributed by atoms with Crippen LogP contribution < -0.4 is 14.4 Å². The number of hydrogen-bond donors (Lipinski definition) is 0. The van der Waals surface area contributed by atoms with Crippen molar-refractivity contribution in [2.45, 2.75) is 13.8 Å². The summed E-state index contributed by atoms with van der Waals surface area (Å²) in [5.41, 5.74) is 1.58. The Bertz CT molecular complexity index is 757. The molecule has 6 heteroatoms. The van der Waals surface area contributed by atoms with E-state index >= 15 is 0 Å². The number of anilines is 1. The van der Waals surface area contributed by atoms with Crippen LogP contribution in [0.2, 0.25) is 0 Å². The van der Waals surface area contributed by atoms with Crippen LogP contribution in [0.15, 0.2) is 53.5 Å². The number of benzene rings is 2. The first-order valence-electron chi connectivity index (χ1n) is 8.21. The maximum atomic E-state index is 12.3. The van der Waals surface area contributed by atoms with Gasteiger partial charge in [0.25, 0.3) is 0 Å². The van der Waals surface area contributed by atoms with E-state index < -0.39 is 0 Å². The van der Waals surface area contributed by atoms with E-state index in [-0.39, 0.29) is 5.91 Å². The number of ether oxygens (including phenoxy) is 2. The minimum Gasteiger partial charge on any atom is -0.494 e. The molecule has 0 bridgehead atoms. The summed E-state index contributed by atoms with van der Waals surface area (Å²) in [6.45, 7) is 5.13. The molecule has 3 rings (SSSR count). The normalized spacial score (nSPS) is 15.7. The fourth-order valence-corrected chi connectivity index (χ4v) is 3.34. The van der Waals surface area contributed by atoms with Gasteiger partial charge in [-0.05, 0) is 62.4 Å². The maximum Gasteiger partial charge on any atom is 0.243 e. The molecule has 0 saturated carbocycles. The van der Waals surface area contributed by atoms with Crippen molar-refractivity contribution in [2.75, 3.05) is 23.9 Å². The molecule has 1 fully saturated rings. The highest BCUT2D eigenvalue weighted by atomic mass is 32.2. The third-order valence-electron chi connectivity index (χ3n) is 3.54. The van der Waals surface area contributed by atoms with Gasteiger partial charge in [-0.3, -0.25) is 9.69 Å². The Balaban J connectivity index is 1.83. The van der Waals surface area contributed by atoms with Gasteiger partial charge in [-0.15, -0.1) is 0 Å². The summed E-state index contributed by atoms with van der Waals surface area (Å²) in [5.74, 6) is 2.02. The van der Waals surface area contributed by atoms with Gasteiger partial charge in [0.2, 0.25) is 5.91 Å².